The van der Waals surface area contributed by atoms with Crippen LogP contribution in [0.3, 0.4) is 0 Å². The summed E-state index contributed by atoms with van der Waals surface area (Å²) in [7, 11) is 0. The van der Waals surface area contributed by atoms with Crippen molar-refractivity contribution in [3.63, 3.8) is 0 Å². The lowest BCUT2D eigenvalue weighted by Gasteiger charge is -2.39. The van der Waals surface area contributed by atoms with Gasteiger partial charge in [0, 0.05) is 6.54 Å². The molecule has 0 amide bonds. The Hall–Kier alpha value is -0.570. The van der Waals surface area contributed by atoms with Crippen LogP contribution in [-0.4, -0.2) is 35.6 Å². The highest BCUT2D eigenvalue weighted by molar-refractivity contribution is 5.75. The van der Waals surface area contributed by atoms with Crippen LogP contribution in [-0.2, 0) is 4.79 Å². The Bertz CT molecular complexity index is 308. The zero-order valence-corrected chi connectivity index (χ0v) is 12.5. The Morgan fingerprint density at radius 1 is 1.11 bits per heavy atom. The van der Waals surface area contributed by atoms with Crippen LogP contribution in [0.4, 0.5) is 0 Å². The molecule has 1 saturated heterocycles. The first-order valence-electron chi connectivity index (χ1n) is 7.97. The van der Waals surface area contributed by atoms with Crippen molar-refractivity contribution < 1.29 is 9.90 Å². The van der Waals surface area contributed by atoms with Crippen molar-refractivity contribution in [3.05, 3.63) is 0 Å². The van der Waals surface area contributed by atoms with E-state index in [1.807, 2.05) is 0 Å². The van der Waals surface area contributed by atoms with E-state index in [2.05, 4.69) is 18.7 Å². The standard InChI is InChI=1S/C16H29NO2/c1-13-4-3-10-17(11-7-13)12-16(15(18)19)8-5-14(2)6-9-16/h13-14H,3-12H2,1-2H3,(H,18,19). The molecule has 19 heavy (non-hydrogen) atoms. The fourth-order valence-electron chi connectivity index (χ4n) is 3.66. The molecule has 1 aliphatic carbocycles. The van der Waals surface area contributed by atoms with Crippen LogP contribution in [0.25, 0.3) is 0 Å². The molecular weight excluding hydrogens is 238 g/mol. The second kappa shape index (κ2) is 6.25. The van der Waals surface area contributed by atoms with Gasteiger partial charge in [0.25, 0.3) is 0 Å². The first kappa shape index (κ1) is 14.8. The molecule has 1 heterocycles. The van der Waals surface area contributed by atoms with Crippen LogP contribution in [0.15, 0.2) is 0 Å². The molecule has 1 unspecified atom stereocenters. The number of likely N-dealkylation sites (tertiary alicyclic amines) is 1. The largest absolute Gasteiger partial charge is 0.481 e. The van der Waals surface area contributed by atoms with Crippen LogP contribution >= 0.6 is 0 Å². The number of carboxylic acids is 1. The van der Waals surface area contributed by atoms with Crippen molar-refractivity contribution in [3.8, 4) is 0 Å². The summed E-state index contributed by atoms with van der Waals surface area (Å²) in [5, 5.41) is 9.70. The minimum Gasteiger partial charge on any atom is -0.481 e. The van der Waals surface area contributed by atoms with E-state index in [4.69, 9.17) is 0 Å². The predicted octanol–water partition coefficient (Wildman–Crippen LogP) is 3.39. The van der Waals surface area contributed by atoms with Crippen molar-refractivity contribution in [1.29, 1.82) is 0 Å². The number of nitrogens with zero attached hydrogens (tertiary/aromatic N) is 1. The maximum Gasteiger partial charge on any atom is 0.310 e. The highest BCUT2D eigenvalue weighted by atomic mass is 16.4. The second-order valence-electron chi connectivity index (χ2n) is 7.08. The van der Waals surface area contributed by atoms with Gasteiger partial charge in [-0.15, -0.1) is 0 Å². The molecule has 110 valence electrons. The third kappa shape index (κ3) is 3.71. The molecule has 0 aromatic rings. The van der Waals surface area contributed by atoms with Gasteiger partial charge >= 0.3 is 5.97 Å². The Morgan fingerprint density at radius 2 is 1.74 bits per heavy atom. The van der Waals surface area contributed by atoms with Crippen LogP contribution in [0.1, 0.15) is 58.8 Å². The average Bonchev–Trinajstić information content (AvgIpc) is 2.57. The Balaban J connectivity index is 1.98. The lowest BCUT2D eigenvalue weighted by atomic mass is 9.70. The molecule has 1 N–H and O–H groups in total. The smallest absolute Gasteiger partial charge is 0.310 e. The van der Waals surface area contributed by atoms with Crippen LogP contribution < -0.4 is 0 Å². The quantitative estimate of drug-likeness (QED) is 0.852. The molecule has 2 rings (SSSR count). The summed E-state index contributed by atoms with van der Waals surface area (Å²) in [6.45, 7) is 7.53. The fourth-order valence-corrected chi connectivity index (χ4v) is 3.66. The zero-order chi connectivity index (χ0) is 13.9. The summed E-state index contributed by atoms with van der Waals surface area (Å²) in [4.78, 5) is 14.2. The van der Waals surface area contributed by atoms with E-state index >= 15 is 0 Å². The highest BCUT2D eigenvalue weighted by Gasteiger charge is 2.42. The van der Waals surface area contributed by atoms with Crippen LogP contribution in [0.2, 0.25) is 0 Å². The van der Waals surface area contributed by atoms with Gasteiger partial charge in [-0.25, -0.2) is 0 Å². The van der Waals surface area contributed by atoms with E-state index in [1.165, 1.54) is 19.3 Å². The van der Waals surface area contributed by atoms with Gasteiger partial charge in [0.15, 0.2) is 0 Å². The molecule has 1 aliphatic heterocycles. The molecule has 0 aromatic carbocycles. The maximum absolute atomic E-state index is 11.8. The third-order valence-corrected chi connectivity index (χ3v) is 5.32. The minimum absolute atomic E-state index is 0.458. The molecule has 1 saturated carbocycles. The Kier molecular flexibility index (Phi) is 4.88. The van der Waals surface area contributed by atoms with Gasteiger partial charge in [0.2, 0.25) is 0 Å². The van der Waals surface area contributed by atoms with Crippen molar-refractivity contribution in [2.24, 2.45) is 17.3 Å². The van der Waals surface area contributed by atoms with E-state index in [1.54, 1.807) is 0 Å². The van der Waals surface area contributed by atoms with Crippen molar-refractivity contribution >= 4 is 5.97 Å². The topological polar surface area (TPSA) is 40.5 Å². The second-order valence-corrected chi connectivity index (χ2v) is 7.08. The Labute approximate surface area is 117 Å². The number of hydrogen-bond acceptors (Lipinski definition) is 2. The molecule has 0 aromatic heterocycles. The molecule has 2 aliphatic rings. The number of aliphatic carboxylic acids is 1. The molecule has 0 spiro atoms. The normalized spacial score (nSPS) is 37.8. The van der Waals surface area contributed by atoms with Crippen LogP contribution in [0, 0.1) is 17.3 Å². The van der Waals surface area contributed by atoms with E-state index in [0.29, 0.717) is 5.92 Å². The van der Waals surface area contributed by atoms with Crippen molar-refractivity contribution in [1.82, 2.24) is 4.90 Å². The molecule has 1 atom stereocenters. The number of rotatable bonds is 3. The average molecular weight is 267 g/mol. The van der Waals surface area contributed by atoms with E-state index in [9.17, 15) is 9.90 Å². The van der Waals surface area contributed by atoms with Gasteiger partial charge in [-0.2, -0.15) is 0 Å². The summed E-state index contributed by atoms with van der Waals surface area (Å²) >= 11 is 0. The van der Waals surface area contributed by atoms with Crippen molar-refractivity contribution in [2.75, 3.05) is 19.6 Å². The molecular formula is C16H29NO2. The summed E-state index contributed by atoms with van der Waals surface area (Å²) in [6, 6.07) is 0. The van der Waals surface area contributed by atoms with Gasteiger partial charge in [-0.1, -0.05) is 13.8 Å². The summed E-state index contributed by atoms with van der Waals surface area (Å²) < 4.78 is 0. The molecule has 2 fully saturated rings. The number of carboxylic acid groups (broad SMARTS) is 1. The van der Waals surface area contributed by atoms with Crippen LogP contribution in [0.5, 0.6) is 0 Å². The SMILES string of the molecule is CC1CCCN(CC2(C(=O)O)CCC(C)CC2)CC1. The molecule has 3 heteroatoms. The van der Waals surface area contributed by atoms with E-state index in [0.717, 1.165) is 51.2 Å². The first-order chi connectivity index (χ1) is 9.02. The van der Waals surface area contributed by atoms with Gasteiger partial charge in [0.05, 0.1) is 5.41 Å². The number of carbonyl (C=O) groups is 1. The van der Waals surface area contributed by atoms with Gasteiger partial charge < -0.3 is 10.0 Å². The van der Waals surface area contributed by atoms with E-state index in [-0.39, 0.29) is 0 Å². The molecule has 0 bridgehead atoms. The number of hydrogen-bond donors (Lipinski definition) is 1. The lowest BCUT2D eigenvalue weighted by Crippen LogP contribution is -2.45. The summed E-state index contributed by atoms with van der Waals surface area (Å²) in [6.07, 6.45) is 7.66. The molecule has 3 nitrogen and oxygen atoms in total. The Morgan fingerprint density at radius 3 is 2.37 bits per heavy atom. The fraction of sp³-hybridized carbons (Fsp3) is 0.938. The zero-order valence-electron chi connectivity index (χ0n) is 12.5. The van der Waals surface area contributed by atoms with E-state index < -0.39 is 11.4 Å². The maximum atomic E-state index is 11.8. The minimum atomic E-state index is -0.559. The van der Waals surface area contributed by atoms with Gasteiger partial charge in [0.1, 0.15) is 0 Å². The third-order valence-electron chi connectivity index (χ3n) is 5.32. The predicted molar refractivity (Wildman–Crippen MR) is 77.2 cm³/mol. The van der Waals surface area contributed by atoms with Crippen molar-refractivity contribution in [2.45, 2.75) is 58.8 Å². The van der Waals surface area contributed by atoms with Gasteiger partial charge in [-0.05, 0) is 69.9 Å². The van der Waals surface area contributed by atoms with Gasteiger partial charge in [-0.3, -0.25) is 4.79 Å². The monoisotopic (exact) mass is 267 g/mol. The summed E-state index contributed by atoms with van der Waals surface area (Å²) in [5.41, 5.74) is -0.458. The first-order valence-corrected chi connectivity index (χ1v) is 7.97. The highest BCUT2D eigenvalue weighted by Crippen LogP contribution is 2.40. The molecule has 0 radical (unpaired) electrons. The lowest BCUT2D eigenvalue weighted by molar-refractivity contribution is -0.153. The summed E-state index contributed by atoms with van der Waals surface area (Å²) in [5.74, 6) is 0.950.